The largest absolute Gasteiger partial charge is 0.396 e. The second kappa shape index (κ2) is 4.03. The highest BCUT2D eigenvalue weighted by atomic mass is 16.3. The lowest BCUT2D eigenvalue weighted by Crippen LogP contribution is -2.02. The van der Waals surface area contributed by atoms with Crippen LogP contribution in [-0.4, -0.2) is 21.9 Å². The van der Waals surface area contributed by atoms with E-state index in [1.807, 2.05) is 13.0 Å². The Kier molecular flexibility index (Phi) is 2.98. The molecule has 0 amide bonds. The van der Waals surface area contributed by atoms with Crippen LogP contribution in [0.2, 0.25) is 0 Å². The summed E-state index contributed by atoms with van der Waals surface area (Å²) in [4.78, 5) is 0. The van der Waals surface area contributed by atoms with Gasteiger partial charge in [-0.3, -0.25) is 0 Å². The van der Waals surface area contributed by atoms with Crippen molar-refractivity contribution in [2.24, 2.45) is 0 Å². The molecule has 0 aliphatic heterocycles. The Morgan fingerprint density at radius 1 is 1.55 bits per heavy atom. The van der Waals surface area contributed by atoms with Crippen molar-refractivity contribution in [3.05, 3.63) is 24.0 Å². The van der Waals surface area contributed by atoms with Crippen LogP contribution in [0.3, 0.4) is 0 Å². The summed E-state index contributed by atoms with van der Waals surface area (Å²) < 4.78 is 0. The third-order valence-corrected chi connectivity index (χ3v) is 1.79. The van der Waals surface area contributed by atoms with Gasteiger partial charge in [-0.15, -0.1) is 0 Å². The fraction of sp³-hybridized carbons (Fsp3) is 0.500. The number of rotatable bonds is 3. The van der Waals surface area contributed by atoms with Crippen LogP contribution in [0.1, 0.15) is 24.8 Å². The summed E-state index contributed by atoms with van der Waals surface area (Å²) in [5.41, 5.74) is 1.06. The molecule has 0 bridgehead atoms. The maximum absolute atomic E-state index is 8.93. The van der Waals surface area contributed by atoms with Gasteiger partial charge in [-0.25, -0.2) is 0 Å². The number of aliphatic hydroxyl groups is 1. The van der Waals surface area contributed by atoms with E-state index in [0.717, 1.165) is 12.0 Å². The molecule has 0 saturated heterocycles. The topological polar surface area (TPSA) is 46.0 Å². The quantitative estimate of drug-likeness (QED) is 0.701. The average Bonchev–Trinajstić information content (AvgIpc) is 2.09. The maximum atomic E-state index is 8.93. The normalized spacial score (nSPS) is 12.9. The molecule has 1 heterocycles. The molecular formula is C8H12N2O. The first kappa shape index (κ1) is 8.14. The first-order chi connectivity index (χ1) is 5.38. The molecule has 0 aliphatic carbocycles. The molecule has 60 valence electrons. The Morgan fingerprint density at radius 3 is 2.82 bits per heavy atom. The van der Waals surface area contributed by atoms with Gasteiger partial charge in [0.1, 0.15) is 0 Å². The van der Waals surface area contributed by atoms with Crippen LogP contribution in [0.4, 0.5) is 0 Å². The Labute approximate surface area is 66.1 Å². The van der Waals surface area contributed by atoms with E-state index in [-0.39, 0.29) is 12.5 Å². The van der Waals surface area contributed by atoms with Crippen molar-refractivity contribution < 1.29 is 5.11 Å². The van der Waals surface area contributed by atoms with Crippen LogP contribution in [0.15, 0.2) is 18.5 Å². The SMILES string of the molecule is CCC(CO)c1ccnnc1. The zero-order chi connectivity index (χ0) is 8.10. The molecule has 1 unspecified atom stereocenters. The van der Waals surface area contributed by atoms with Gasteiger partial charge in [-0.1, -0.05) is 6.92 Å². The van der Waals surface area contributed by atoms with Crippen molar-refractivity contribution in [3.8, 4) is 0 Å². The van der Waals surface area contributed by atoms with E-state index < -0.39 is 0 Å². The summed E-state index contributed by atoms with van der Waals surface area (Å²) in [5.74, 6) is 0.213. The second-order valence-electron chi connectivity index (χ2n) is 2.46. The monoisotopic (exact) mass is 152 g/mol. The van der Waals surface area contributed by atoms with Crippen molar-refractivity contribution in [3.63, 3.8) is 0 Å². The molecule has 1 aromatic rings. The fourth-order valence-corrected chi connectivity index (χ4v) is 1.01. The third kappa shape index (κ3) is 1.98. The molecule has 1 rings (SSSR count). The molecule has 3 heteroatoms. The number of nitrogens with zero attached hydrogens (tertiary/aromatic N) is 2. The Morgan fingerprint density at radius 2 is 2.36 bits per heavy atom. The van der Waals surface area contributed by atoms with Crippen LogP contribution < -0.4 is 0 Å². The van der Waals surface area contributed by atoms with E-state index in [2.05, 4.69) is 10.2 Å². The van der Waals surface area contributed by atoms with Crippen molar-refractivity contribution >= 4 is 0 Å². The van der Waals surface area contributed by atoms with E-state index >= 15 is 0 Å². The standard InChI is InChI=1S/C8H12N2O/c1-2-7(6-11)8-3-4-9-10-5-8/h3-5,7,11H,2,6H2,1H3. The van der Waals surface area contributed by atoms with Gasteiger partial charge in [-0.05, 0) is 18.1 Å². The number of aliphatic hydroxyl groups excluding tert-OH is 1. The molecule has 0 spiro atoms. The average molecular weight is 152 g/mol. The zero-order valence-corrected chi connectivity index (χ0v) is 6.57. The maximum Gasteiger partial charge on any atom is 0.0531 e. The third-order valence-electron chi connectivity index (χ3n) is 1.79. The minimum absolute atomic E-state index is 0.183. The number of aromatic nitrogens is 2. The lowest BCUT2D eigenvalue weighted by molar-refractivity contribution is 0.262. The van der Waals surface area contributed by atoms with E-state index in [0.29, 0.717) is 0 Å². The molecule has 0 aromatic carbocycles. The van der Waals surface area contributed by atoms with Gasteiger partial charge in [0.25, 0.3) is 0 Å². The van der Waals surface area contributed by atoms with E-state index in [1.165, 1.54) is 0 Å². The first-order valence-corrected chi connectivity index (χ1v) is 3.76. The molecule has 0 radical (unpaired) electrons. The molecule has 3 nitrogen and oxygen atoms in total. The zero-order valence-electron chi connectivity index (χ0n) is 6.57. The summed E-state index contributed by atoms with van der Waals surface area (Å²) in [6.07, 6.45) is 4.28. The minimum atomic E-state index is 0.183. The Balaban J connectivity index is 2.74. The van der Waals surface area contributed by atoms with Crippen LogP contribution in [-0.2, 0) is 0 Å². The van der Waals surface area contributed by atoms with Gasteiger partial charge in [0, 0.05) is 18.7 Å². The summed E-state index contributed by atoms with van der Waals surface area (Å²) in [6, 6.07) is 1.89. The molecule has 1 atom stereocenters. The van der Waals surface area contributed by atoms with Crippen molar-refractivity contribution in [1.82, 2.24) is 10.2 Å². The summed E-state index contributed by atoms with van der Waals surface area (Å²) in [6.45, 7) is 2.23. The smallest absolute Gasteiger partial charge is 0.0531 e. The Hall–Kier alpha value is -0.960. The highest BCUT2D eigenvalue weighted by molar-refractivity contribution is 5.11. The van der Waals surface area contributed by atoms with Crippen LogP contribution in [0.25, 0.3) is 0 Å². The van der Waals surface area contributed by atoms with Gasteiger partial charge < -0.3 is 5.11 Å². The lowest BCUT2D eigenvalue weighted by Gasteiger charge is -2.09. The lowest BCUT2D eigenvalue weighted by atomic mass is 10.0. The van der Waals surface area contributed by atoms with Gasteiger partial charge in [0.05, 0.1) is 6.20 Å². The number of hydrogen-bond donors (Lipinski definition) is 1. The second-order valence-corrected chi connectivity index (χ2v) is 2.46. The van der Waals surface area contributed by atoms with Gasteiger partial charge in [-0.2, -0.15) is 10.2 Å². The summed E-state index contributed by atoms with van der Waals surface area (Å²) in [5, 5.41) is 16.3. The predicted molar refractivity (Wildman–Crippen MR) is 42.1 cm³/mol. The van der Waals surface area contributed by atoms with E-state index in [1.54, 1.807) is 12.4 Å². The molecular weight excluding hydrogens is 140 g/mol. The van der Waals surface area contributed by atoms with Gasteiger partial charge in [0.15, 0.2) is 0 Å². The minimum Gasteiger partial charge on any atom is -0.396 e. The van der Waals surface area contributed by atoms with Gasteiger partial charge >= 0.3 is 0 Å². The van der Waals surface area contributed by atoms with E-state index in [4.69, 9.17) is 5.11 Å². The number of hydrogen-bond acceptors (Lipinski definition) is 3. The molecule has 1 aromatic heterocycles. The summed E-state index contributed by atoms with van der Waals surface area (Å²) >= 11 is 0. The highest BCUT2D eigenvalue weighted by Crippen LogP contribution is 2.15. The summed E-state index contributed by atoms with van der Waals surface area (Å²) in [7, 11) is 0. The highest BCUT2D eigenvalue weighted by Gasteiger charge is 2.06. The predicted octanol–water partition coefficient (Wildman–Crippen LogP) is 0.962. The fourth-order valence-electron chi connectivity index (χ4n) is 1.01. The Bertz CT molecular complexity index is 197. The molecule has 1 N–H and O–H groups in total. The van der Waals surface area contributed by atoms with Crippen LogP contribution >= 0.6 is 0 Å². The molecule has 0 fully saturated rings. The van der Waals surface area contributed by atoms with Crippen molar-refractivity contribution in [2.75, 3.05) is 6.61 Å². The van der Waals surface area contributed by atoms with Crippen molar-refractivity contribution in [1.29, 1.82) is 0 Å². The molecule has 0 aliphatic rings. The van der Waals surface area contributed by atoms with Crippen LogP contribution in [0, 0.1) is 0 Å². The van der Waals surface area contributed by atoms with Crippen LogP contribution in [0.5, 0.6) is 0 Å². The molecule has 11 heavy (non-hydrogen) atoms. The van der Waals surface area contributed by atoms with Gasteiger partial charge in [0.2, 0.25) is 0 Å². The van der Waals surface area contributed by atoms with E-state index in [9.17, 15) is 0 Å². The van der Waals surface area contributed by atoms with Crippen molar-refractivity contribution in [2.45, 2.75) is 19.3 Å². The first-order valence-electron chi connectivity index (χ1n) is 3.76. The molecule has 0 saturated carbocycles.